The van der Waals surface area contributed by atoms with E-state index < -0.39 is 0 Å². The summed E-state index contributed by atoms with van der Waals surface area (Å²) in [6.07, 6.45) is 6.61. The first kappa shape index (κ1) is 9.16. The molecule has 0 amide bonds. The summed E-state index contributed by atoms with van der Waals surface area (Å²) < 4.78 is 4.12. The Balaban J connectivity index is 2.13. The van der Waals surface area contributed by atoms with Gasteiger partial charge >= 0.3 is 0 Å². The summed E-state index contributed by atoms with van der Waals surface area (Å²) in [6, 6.07) is 2.07. The summed E-state index contributed by atoms with van der Waals surface area (Å²) in [5.74, 6) is 0.851. The van der Waals surface area contributed by atoms with Crippen molar-refractivity contribution in [1.29, 1.82) is 0 Å². The van der Waals surface area contributed by atoms with Gasteiger partial charge in [0.15, 0.2) is 0 Å². The number of aromatic nitrogens is 1. The Bertz CT molecular complexity index is 260. The van der Waals surface area contributed by atoms with Crippen molar-refractivity contribution in [1.82, 2.24) is 4.37 Å². The normalized spacial score (nSPS) is 34.8. The van der Waals surface area contributed by atoms with Crippen LogP contribution in [-0.2, 0) is 5.54 Å². The minimum Gasteiger partial charge on any atom is -0.321 e. The van der Waals surface area contributed by atoms with Gasteiger partial charge in [0.25, 0.3) is 0 Å². The minimum absolute atomic E-state index is 0.0618. The molecule has 1 aliphatic carbocycles. The van der Waals surface area contributed by atoms with Crippen molar-refractivity contribution in [2.45, 2.75) is 38.1 Å². The molecule has 2 nitrogen and oxygen atoms in total. The number of rotatable bonds is 1. The fourth-order valence-corrected chi connectivity index (χ4v) is 2.74. The minimum atomic E-state index is -0.0618. The van der Waals surface area contributed by atoms with Crippen LogP contribution in [0.4, 0.5) is 0 Å². The number of nitrogens with zero attached hydrogens (tertiary/aromatic N) is 1. The zero-order chi connectivity index (χ0) is 9.31. The van der Waals surface area contributed by atoms with Crippen LogP contribution in [0.15, 0.2) is 12.3 Å². The van der Waals surface area contributed by atoms with Crippen LogP contribution < -0.4 is 5.73 Å². The van der Waals surface area contributed by atoms with Crippen molar-refractivity contribution in [2.75, 3.05) is 0 Å². The van der Waals surface area contributed by atoms with Gasteiger partial charge in [0.1, 0.15) is 0 Å². The van der Waals surface area contributed by atoms with Crippen molar-refractivity contribution in [3.8, 4) is 0 Å². The first-order chi connectivity index (χ1) is 6.21. The summed E-state index contributed by atoms with van der Waals surface area (Å²) in [5, 5.41) is 0. The number of hydrogen-bond donors (Lipinski definition) is 1. The molecule has 0 aliphatic heterocycles. The lowest BCUT2D eigenvalue weighted by atomic mass is 9.77. The fourth-order valence-electron chi connectivity index (χ4n) is 2.00. The van der Waals surface area contributed by atoms with Gasteiger partial charge in [-0.2, -0.15) is 0 Å². The lowest BCUT2D eigenvalue weighted by Gasteiger charge is -2.34. The molecule has 1 aliphatic rings. The van der Waals surface area contributed by atoms with Crippen LogP contribution in [0, 0.1) is 5.92 Å². The Morgan fingerprint density at radius 1 is 1.54 bits per heavy atom. The second-order valence-corrected chi connectivity index (χ2v) is 5.05. The van der Waals surface area contributed by atoms with Crippen molar-refractivity contribution in [3.63, 3.8) is 0 Å². The topological polar surface area (TPSA) is 38.9 Å². The molecule has 1 fully saturated rings. The first-order valence-electron chi connectivity index (χ1n) is 4.91. The highest BCUT2D eigenvalue weighted by Gasteiger charge is 2.32. The predicted octanol–water partition coefficient (Wildman–Crippen LogP) is 2.51. The molecule has 0 radical (unpaired) electrons. The van der Waals surface area contributed by atoms with Gasteiger partial charge in [-0.25, -0.2) is 4.37 Å². The van der Waals surface area contributed by atoms with E-state index in [9.17, 15) is 0 Å². The molecule has 0 bridgehead atoms. The molecule has 0 atom stereocenters. The van der Waals surface area contributed by atoms with Gasteiger partial charge in [0.05, 0.1) is 5.54 Å². The molecule has 1 heterocycles. The van der Waals surface area contributed by atoms with Crippen LogP contribution in [0.25, 0.3) is 0 Å². The molecule has 0 aromatic carbocycles. The molecule has 1 saturated carbocycles. The molecule has 2 N–H and O–H groups in total. The Labute approximate surface area is 83.3 Å². The lowest BCUT2D eigenvalue weighted by Crippen LogP contribution is -2.39. The average Bonchev–Trinajstić information content (AvgIpc) is 2.63. The summed E-state index contributed by atoms with van der Waals surface area (Å²) in [5.41, 5.74) is 6.30. The van der Waals surface area contributed by atoms with E-state index in [4.69, 9.17) is 5.73 Å². The van der Waals surface area contributed by atoms with E-state index in [0.29, 0.717) is 0 Å². The van der Waals surface area contributed by atoms with Crippen LogP contribution in [0.1, 0.15) is 37.5 Å². The third-order valence-corrected chi connectivity index (χ3v) is 4.06. The van der Waals surface area contributed by atoms with Crippen molar-refractivity contribution in [2.24, 2.45) is 11.7 Å². The Morgan fingerprint density at radius 2 is 2.23 bits per heavy atom. The van der Waals surface area contributed by atoms with Gasteiger partial charge in [-0.3, -0.25) is 0 Å². The maximum Gasteiger partial charge on any atom is 0.0520 e. The van der Waals surface area contributed by atoms with Gasteiger partial charge in [-0.15, -0.1) is 0 Å². The maximum atomic E-state index is 6.36. The maximum absolute atomic E-state index is 6.36. The molecule has 1 aromatic rings. The van der Waals surface area contributed by atoms with Crippen molar-refractivity contribution in [3.05, 3.63) is 17.1 Å². The van der Waals surface area contributed by atoms with E-state index in [-0.39, 0.29) is 5.54 Å². The third-order valence-electron chi connectivity index (χ3n) is 3.10. The zero-order valence-electron chi connectivity index (χ0n) is 7.99. The first-order valence-corrected chi connectivity index (χ1v) is 5.68. The number of hydrogen-bond acceptors (Lipinski definition) is 3. The highest BCUT2D eigenvalue weighted by atomic mass is 32.1. The van der Waals surface area contributed by atoms with Gasteiger partial charge in [0, 0.05) is 11.1 Å². The molecule has 0 saturated heterocycles. The van der Waals surface area contributed by atoms with Crippen LogP contribution in [-0.4, -0.2) is 4.37 Å². The summed E-state index contributed by atoms with van der Waals surface area (Å²) in [6.45, 7) is 2.31. The highest BCUT2D eigenvalue weighted by Crippen LogP contribution is 2.38. The van der Waals surface area contributed by atoms with E-state index in [1.54, 1.807) is 11.5 Å². The molecule has 0 unspecified atom stereocenters. The van der Waals surface area contributed by atoms with Crippen LogP contribution in [0.3, 0.4) is 0 Å². The SMILES string of the molecule is CC1CCC(N)(c2ccns2)CC1. The molecule has 1 aromatic heterocycles. The summed E-state index contributed by atoms with van der Waals surface area (Å²) in [4.78, 5) is 1.26. The Hall–Kier alpha value is -0.410. The van der Waals surface area contributed by atoms with Crippen LogP contribution >= 0.6 is 11.5 Å². The second kappa shape index (κ2) is 3.39. The van der Waals surface area contributed by atoms with Crippen molar-refractivity contribution < 1.29 is 0 Å². The van der Waals surface area contributed by atoms with Crippen LogP contribution in [0.2, 0.25) is 0 Å². The second-order valence-electron chi connectivity index (χ2n) is 4.22. The Kier molecular flexibility index (Phi) is 2.39. The zero-order valence-corrected chi connectivity index (χ0v) is 8.81. The van der Waals surface area contributed by atoms with E-state index in [2.05, 4.69) is 17.4 Å². The molecule has 13 heavy (non-hydrogen) atoms. The summed E-state index contributed by atoms with van der Waals surface area (Å²) in [7, 11) is 0. The lowest BCUT2D eigenvalue weighted by molar-refractivity contribution is 0.252. The molecular formula is C10H16N2S. The predicted molar refractivity (Wildman–Crippen MR) is 55.6 cm³/mol. The van der Waals surface area contributed by atoms with E-state index in [1.807, 2.05) is 6.20 Å². The largest absolute Gasteiger partial charge is 0.321 e. The van der Waals surface area contributed by atoms with Gasteiger partial charge < -0.3 is 5.73 Å². The molecule has 2 rings (SSSR count). The van der Waals surface area contributed by atoms with Gasteiger partial charge in [-0.1, -0.05) is 6.92 Å². The summed E-state index contributed by atoms with van der Waals surface area (Å²) >= 11 is 1.55. The van der Waals surface area contributed by atoms with Gasteiger partial charge in [-0.05, 0) is 49.2 Å². The van der Waals surface area contributed by atoms with E-state index in [1.165, 1.54) is 17.7 Å². The highest BCUT2D eigenvalue weighted by molar-refractivity contribution is 7.05. The molecule has 3 heteroatoms. The quantitative estimate of drug-likeness (QED) is 0.749. The molecule has 72 valence electrons. The van der Waals surface area contributed by atoms with E-state index in [0.717, 1.165) is 18.8 Å². The standard InChI is InChI=1S/C10H16N2S/c1-8-2-5-10(11,6-3-8)9-4-7-12-13-9/h4,7-8H,2-3,5-6,11H2,1H3. The van der Waals surface area contributed by atoms with Gasteiger partial charge in [0.2, 0.25) is 0 Å². The number of nitrogens with two attached hydrogens (primary N) is 1. The van der Waals surface area contributed by atoms with Crippen LogP contribution in [0.5, 0.6) is 0 Å². The molecule has 0 spiro atoms. The Morgan fingerprint density at radius 3 is 2.77 bits per heavy atom. The monoisotopic (exact) mass is 196 g/mol. The van der Waals surface area contributed by atoms with Crippen molar-refractivity contribution >= 4 is 11.5 Å². The molecular weight excluding hydrogens is 180 g/mol. The van der Waals surface area contributed by atoms with E-state index >= 15 is 0 Å². The third kappa shape index (κ3) is 1.76. The average molecular weight is 196 g/mol. The smallest absolute Gasteiger partial charge is 0.0520 e. The fraction of sp³-hybridized carbons (Fsp3) is 0.700.